The SMILES string of the molecule is CCC(OC(C)=O)C(C(=O)OCCC(F)(F)C(F)(F)C(F)F)C(C(=O)O)C(C(=O)O)C(C(=O)O)C1C(=O)OC(=O)C1C. The van der Waals surface area contributed by atoms with Gasteiger partial charge in [-0.3, -0.25) is 33.6 Å². The number of carboxylic acid groups (broad SMARTS) is 3. The van der Waals surface area contributed by atoms with E-state index in [1.165, 1.54) is 0 Å². The minimum atomic E-state index is -5.88. The molecule has 0 aliphatic carbocycles. The molecule has 42 heavy (non-hydrogen) atoms. The monoisotopic (exact) mass is 624 g/mol. The van der Waals surface area contributed by atoms with Crippen molar-refractivity contribution in [2.45, 2.75) is 58.0 Å². The van der Waals surface area contributed by atoms with E-state index < -0.39 is 121 Å². The molecule has 238 valence electrons. The molecule has 0 bridgehead atoms. The summed E-state index contributed by atoms with van der Waals surface area (Å²) in [6.07, 6.45) is -9.54. The van der Waals surface area contributed by atoms with Gasteiger partial charge in [-0.05, 0) is 6.42 Å². The van der Waals surface area contributed by atoms with Gasteiger partial charge in [-0.15, -0.1) is 0 Å². The number of rotatable bonds is 16. The zero-order valence-corrected chi connectivity index (χ0v) is 21.9. The van der Waals surface area contributed by atoms with Crippen molar-refractivity contribution in [1.29, 1.82) is 0 Å². The Kier molecular flexibility index (Phi) is 11.9. The first-order chi connectivity index (χ1) is 19.1. The Hall–Kier alpha value is -3.93. The Morgan fingerprint density at radius 3 is 1.79 bits per heavy atom. The average Bonchev–Trinajstić information content (AvgIpc) is 3.09. The fraction of sp³-hybridized carbons (Fsp3) is 0.696. The van der Waals surface area contributed by atoms with Crippen LogP contribution in [0.2, 0.25) is 0 Å². The van der Waals surface area contributed by atoms with E-state index in [1.54, 1.807) is 0 Å². The van der Waals surface area contributed by atoms with Crippen LogP contribution < -0.4 is 0 Å². The van der Waals surface area contributed by atoms with Crippen molar-refractivity contribution in [2.24, 2.45) is 35.5 Å². The maximum absolute atomic E-state index is 13.7. The maximum atomic E-state index is 13.7. The van der Waals surface area contributed by atoms with Gasteiger partial charge in [0.2, 0.25) is 0 Å². The lowest BCUT2D eigenvalue weighted by atomic mass is 9.67. The van der Waals surface area contributed by atoms with Gasteiger partial charge in [0.25, 0.3) is 0 Å². The fourth-order valence-electron chi connectivity index (χ4n) is 4.52. The third-order valence-corrected chi connectivity index (χ3v) is 6.60. The normalized spacial score (nSPS) is 21.1. The first-order valence-electron chi connectivity index (χ1n) is 11.9. The van der Waals surface area contributed by atoms with Gasteiger partial charge in [0.05, 0.1) is 42.6 Å². The minimum absolute atomic E-state index is 0.521. The number of cyclic esters (lactones) is 2. The molecule has 0 aromatic heterocycles. The number of carboxylic acids is 3. The standard InChI is InChI=1S/C23H26F6O13/c1-4-9(41-8(3)30)11(19(38)40-6-5-22(26,27)23(28,29)21(24)25)13(16(33)34)14(17(35)36)12(15(31)32)10-7(2)18(37)42-20(10)39/h7,9-14,21H,4-6H2,1-3H3,(H,31,32)(H,33,34)(H,35,36). The molecule has 1 aliphatic rings. The van der Waals surface area contributed by atoms with Crippen LogP contribution in [0.3, 0.4) is 0 Å². The van der Waals surface area contributed by atoms with Gasteiger partial charge in [-0.1, -0.05) is 13.8 Å². The Balaban J connectivity index is 3.67. The summed E-state index contributed by atoms with van der Waals surface area (Å²) in [4.78, 5) is 85.8. The van der Waals surface area contributed by atoms with Crippen LogP contribution in [0.15, 0.2) is 0 Å². The highest BCUT2D eigenvalue weighted by molar-refractivity contribution is 6.00. The molecule has 19 heteroatoms. The fourth-order valence-corrected chi connectivity index (χ4v) is 4.52. The zero-order chi connectivity index (χ0) is 32.9. The van der Waals surface area contributed by atoms with E-state index in [0.29, 0.717) is 0 Å². The van der Waals surface area contributed by atoms with Crippen molar-refractivity contribution in [3.05, 3.63) is 0 Å². The number of carbonyl (C=O) groups is 7. The van der Waals surface area contributed by atoms with Crippen LogP contribution in [-0.4, -0.2) is 88.1 Å². The molecule has 0 saturated carbocycles. The first kappa shape index (κ1) is 36.1. The number of hydrogen-bond donors (Lipinski definition) is 3. The van der Waals surface area contributed by atoms with Crippen molar-refractivity contribution in [2.75, 3.05) is 6.61 Å². The van der Waals surface area contributed by atoms with Crippen LogP contribution in [0.1, 0.15) is 33.6 Å². The van der Waals surface area contributed by atoms with Gasteiger partial charge in [0.15, 0.2) is 0 Å². The molecule has 0 aromatic rings. The summed E-state index contributed by atoms with van der Waals surface area (Å²) in [6, 6.07) is 0. The minimum Gasteiger partial charge on any atom is -0.481 e. The van der Waals surface area contributed by atoms with Crippen molar-refractivity contribution < 1.29 is 89.4 Å². The van der Waals surface area contributed by atoms with Crippen LogP contribution in [0.4, 0.5) is 26.3 Å². The van der Waals surface area contributed by atoms with Gasteiger partial charge in [-0.25, -0.2) is 8.78 Å². The van der Waals surface area contributed by atoms with Crippen molar-refractivity contribution in [1.82, 2.24) is 0 Å². The quantitative estimate of drug-likeness (QED) is 0.0971. The first-order valence-corrected chi connectivity index (χ1v) is 11.9. The van der Waals surface area contributed by atoms with Crippen LogP contribution in [-0.2, 0) is 47.8 Å². The van der Waals surface area contributed by atoms with E-state index in [4.69, 9.17) is 4.74 Å². The van der Waals surface area contributed by atoms with Crippen LogP contribution >= 0.6 is 0 Å². The molecule has 0 aromatic carbocycles. The molecule has 0 amide bonds. The lowest BCUT2D eigenvalue weighted by Crippen LogP contribution is -2.52. The van der Waals surface area contributed by atoms with E-state index >= 15 is 0 Å². The van der Waals surface area contributed by atoms with Gasteiger partial charge < -0.3 is 29.5 Å². The number of ether oxygens (including phenoxy) is 3. The largest absolute Gasteiger partial charge is 0.481 e. The van der Waals surface area contributed by atoms with E-state index in [0.717, 1.165) is 20.8 Å². The molecule has 7 atom stereocenters. The molecule has 0 spiro atoms. The summed E-state index contributed by atoms with van der Waals surface area (Å²) in [5, 5.41) is 29.7. The van der Waals surface area contributed by atoms with Gasteiger partial charge >= 0.3 is 60.1 Å². The molecular formula is C23H26F6O13. The maximum Gasteiger partial charge on any atom is 0.369 e. The molecule has 1 rings (SSSR count). The number of hydrogen-bond acceptors (Lipinski definition) is 10. The van der Waals surface area contributed by atoms with E-state index in [2.05, 4.69) is 9.47 Å². The summed E-state index contributed by atoms with van der Waals surface area (Å²) < 4.78 is 92.2. The summed E-state index contributed by atoms with van der Waals surface area (Å²) in [7, 11) is 0. The molecule has 1 heterocycles. The lowest BCUT2D eigenvalue weighted by molar-refractivity contribution is -0.268. The Labute approximate surface area is 232 Å². The number of carbonyl (C=O) groups excluding carboxylic acids is 4. The highest BCUT2D eigenvalue weighted by atomic mass is 19.3. The molecule has 3 N–H and O–H groups in total. The van der Waals surface area contributed by atoms with Crippen molar-refractivity contribution in [3.63, 3.8) is 0 Å². The average molecular weight is 624 g/mol. The second-order valence-electron chi connectivity index (χ2n) is 9.27. The topological polar surface area (TPSA) is 208 Å². The highest BCUT2D eigenvalue weighted by Crippen LogP contribution is 2.43. The third-order valence-electron chi connectivity index (χ3n) is 6.60. The second-order valence-corrected chi connectivity index (χ2v) is 9.27. The Morgan fingerprint density at radius 1 is 0.905 bits per heavy atom. The van der Waals surface area contributed by atoms with E-state index in [9.17, 15) is 75.2 Å². The Bertz CT molecular complexity index is 1090. The van der Waals surface area contributed by atoms with E-state index in [-0.39, 0.29) is 0 Å². The lowest BCUT2D eigenvalue weighted by Gasteiger charge is -2.35. The molecule has 0 radical (unpaired) electrons. The van der Waals surface area contributed by atoms with Crippen LogP contribution in [0.25, 0.3) is 0 Å². The Morgan fingerprint density at radius 2 is 1.43 bits per heavy atom. The number of aliphatic carboxylic acids is 3. The number of halogens is 6. The molecular weight excluding hydrogens is 598 g/mol. The summed E-state index contributed by atoms with van der Waals surface area (Å²) in [6.45, 7) is 1.12. The van der Waals surface area contributed by atoms with Gasteiger partial charge in [0, 0.05) is 6.92 Å². The summed E-state index contributed by atoms with van der Waals surface area (Å²) in [5.41, 5.74) is 0. The van der Waals surface area contributed by atoms with E-state index in [1.807, 2.05) is 0 Å². The number of alkyl halides is 6. The van der Waals surface area contributed by atoms with Crippen molar-refractivity contribution in [3.8, 4) is 0 Å². The number of esters is 4. The van der Waals surface area contributed by atoms with Crippen LogP contribution in [0.5, 0.6) is 0 Å². The van der Waals surface area contributed by atoms with Crippen molar-refractivity contribution >= 4 is 41.8 Å². The summed E-state index contributed by atoms with van der Waals surface area (Å²) >= 11 is 0. The molecule has 13 nitrogen and oxygen atoms in total. The van der Waals surface area contributed by atoms with Gasteiger partial charge in [-0.2, -0.15) is 17.6 Å². The highest BCUT2D eigenvalue weighted by Gasteiger charge is 2.63. The molecule has 1 aliphatic heterocycles. The molecule has 1 saturated heterocycles. The van der Waals surface area contributed by atoms with Crippen LogP contribution in [0, 0.1) is 35.5 Å². The predicted molar refractivity (Wildman–Crippen MR) is 118 cm³/mol. The zero-order valence-electron chi connectivity index (χ0n) is 21.9. The second kappa shape index (κ2) is 13.8. The smallest absolute Gasteiger partial charge is 0.369 e. The molecule has 7 unspecified atom stereocenters. The predicted octanol–water partition coefficient (Wildman–Crippen LogP) is 1.85. The third kappa shape index (κ3) is 7.67. The van der Waals surface area contributed by atoms with Gasteiger partial charge in [0.1, 0.15) is 12.0 Å². The summed E-state index contributed by atoms with van der Waals surface area (Å²) in [5.74, 6) is -38.4. The molecule has 1 fully saturated rings.